The predicted octanol–water partition coefficient (Wildman–Crippen LogP) is 1.07. The number of nitrogens with two attached hydrogens (primary N) is 1. The van der Waals surface area contributed by atoms with Crippen molar-refractivity contribution in [1.82, 2.24) is 15.1 Å². The average molecular weight is 293 g/mol. The number of hydrogen-bond acceptors (Lipinski definition) is 4. The molecule has 21 heavy (non-hydrogen) atoms. The highest BCUT2D eigenvalue weighted by molar-refractivity contribution is 5.83. The number of aryl methyl sites for hydroxylation is 2. The Hall–Kier alpha value is -1.56. The van der Waals surface area contributed by atoms with Crippen LogP contribution in [0.1, 0.15) is 43.9 Å². The summed E-state index contributed by atoms with van der Waals surface area (Å²) in [6.45, 7) is 6.80. The van der Waals surface area contributed by atoms with Gasteiger partial charge in [-0.1, -0.05) is 6.92 Å². The summed E-state index contributed by atoms with van der Waals surface area (Å²) in [5.41, 5.74) is 7.80. The van der Waals surface area contributed by atoms with Crippen LogP contribution in [0.5, 0.6) is 0 Å². The molecule has 6 nitrogen and oxygen atoms in total. The lowest BCUT2D eigenvalue weighted by Crippen LogP contribution is -2.49. The fourth-order valence-corrected chi connectivity index (χ4v) is 3.13. The van der Waals surface area contributed by atoms with Crippen molar-refractivity contribution in [3.63, 3.8) is 0 Å². The average Bonchev–Trinajstić information content (AvgIpc) is 2.73. The van der Waals surface area contributed by atoms with Gasteiger partial charge in [0.05, 0.1) is 5.69 Å². The molecule has 1 fully saturated rings. The van der Waals surface area contributed by atoms with Gasteiger partial charge >= 0.3 is 0 Å². The molecule has 118 valence electrons. The normalized spacial score (nSPS) is 19.0. The monoisotopic (exact) mass is 293 g/mol. The third kappa shape index (κ3) is 3.37. The van der Waals surface area contributed by atoms with E-state index in [0.29, 0.717) is 0 Å². The molecule has 1 aliphatic rings. The minimum absolute atomic E-state index is 0.210. The molecule has 0 radical (unpaired) electrons. The van der Waals surface area contributed by atoms with Gasteiger partial charge in [0.15, 0.2) is 0 Å². The van der Waals surface area contributed by atoms with E-state index in [-0.39, 0.29) is 11.9 Å². The van der Waals surface area contributed by atoms with Crippen LogP contribution < -0.4 is 16.0 Å². The molecule has 3 N–H and O–H groups in total. The van der Waals surface area contributed by atoms with Gasteiger partial charge in [0.2, 0.25) is 5.91 Å². The van der Waals surface area contributed by atoms with Crippen molar-refractivity contribution in [3.05, 3.63) is 11.3 Å². The standard InChI is InChI=1S/C15H27N5O/c1-4-8-17-10-12-11(2)18-19(3)15(12)20-9-6-5-7-13(20)14(16)21/h13,17H,4-10H2,1-3H3,(H2,16,21). The van der Waals surface area contributed by atoms with Gasteiger partial charge in [0.1, 0.15) is 11.9 Å². The largest absolute Gasteiger partial charge is 0.368 e. The molecule has 1 aromatic heterocycles. The van der Waals surface area contributed by atoms with E-state index >= 15 is 0 Å². The number of rotatable bonds is 6. The summed E-state index contributed by atoms with van der Waals surface area (Å²) in [6, 6.07) is -0.210. The minimum atomic E-state index is -0.235. The molecule has 6 heteroatoms. The molecule has 2 rings (SSSR count). The molecule has 1 aliphatic heterocycles. The first kappa shape index (κ1) is 15.8. The Kier molecular flexibility index (Phi) is 5.22. The zero-order valence-corrected chi connectivity index (χ0v) is 13.4. The Labute approximate surface area is 126 Å². The van der Waals surface area contributed by atoms with Crippen molar-refractivity contribution >= 4 is 11.7 Å². The number of nitrogens with zero attached hydrogens (tertiary/aromatic N) is 3. The summed E-state index contributed by atoms with van der Waals surface area (Å²) in [4.78, 5) is 13.9. The van der Waals surface area contributed by atoms with Gasteiger partial charge in [-0.15, -0.1) is 0 Å². The van der Waals surface area contributed by atoms with Gasteiger partial charge in [-0.05, 0) is 39.2 Å². The first-order valence-electron chi connectivity index (χ1n) is 7.85. The minimum Gasteiger partial charge on any atom is -0.368 e. The Morgan fingerprint density at radius 2 is 2.24 bits per heavy atom. The van der Waals surface area contributed by atoms with Gasteiger partial charge in [0, 0.05) is 25.7 Å². The van der Waals surface area contributed by atoms with Crippen molar-refractivity contribution in [2.75, 3.05) is 18.0 Å². The summed E-state index contributed by atoms with van der Waals surface area (Å²) in [5, 5.41) is 7.97. The van der Waals surface area contributed by atoms with E-state index in [1.807, 2.05) is 18.7 Å². The lowest BCUT2D eigenvalue weighted by molar-refractivity contribution is -0.119. The maximum atomic E-state index is 11.8. The topological polar surface area (TPSA) is 76.2 Å². The number of nitrogens with one attached hydrogen (secondary N) is 1. The van der Waals surface area contributed by atoms with Gasteiger partial charge < -0.3 is 16.0 Å². The highest BCUT2D eigenvalue weighted by atomic mass is 16.1. The van der Waals surface area contributed by atoms with Gasteiger partial charge in [-0.3, -0.25) is 9.48 Å². The van der Waals surface area contributed by atoms with Crippen LogP contribution in [0.15, 0.2) is 0 Å². The number of carbonyl (C=O) groups is 1. The number of amides is 1. The van der Waals surface area contributed by atoms with E-state index in [0.717, 1.165) is 56.8 Å². The zero-order chi connectivity index (χ0) is 15.4. The molecule has 1 atom stereocenters. The maximum absolute atomic E-state index is 11.8. The SMILES string of the molecule is CCCNCc1c(C)nn(C)c1N1CCCCC1C(N)=O. The van der Waals surface area contributed by atoms with Crippen molar-refractivity contribution in [3.8, 4) is 0 Å². The molecular formula is C15H27N5O. The molecule has 0 aromatic carbocycles. The smallest absolute Gasteiger partial charge is 0.240 e. The van der Waals surface area contributed by atoms with Crippen molar-refractivity contribution < 1.29 is 4.79 Å². The van der Waals surface area contributed by atoms with Gasteiger partial charge in [-0.25, -0.2) is 0 Å². The maximum Gasteiger partial charge on any atom is 0.240 e. The quantitative estimate of drug-likeness (QED) is 0.769. The first-order valence-corrected chi connectivity index (χ1v) is 7.85. The molecule has 2 heterocycles. The van der Waals surface area contributed by atoms with E-state index < -0.39 is 0 Å². The summed E-state index contributed by atoms with van der Waals surface area (Å²) >= 11 is 0. The number of primary amides is 1. The Bertz CT molecular complexity index is 496. The highest BCUT2D eigenvalue weighted by Gasteiger charge is 2.31. The van der Waals surface area contributed by atoms with E-state index in [1.54, 1.807) is 0 Å². The van der Waals surface area contributed by atoms with E-state index in [4.69, 9.17) is 5.73 Å². The number of carbonyl (C=O) groups excluding carboxylic acids is 1. The molecular weight excluding hydrogens is 266 g/mol. The molecule has 0 spiro atoms. The first-order chi connectivity index (χ1) is 10.1. The third-order valence-electron chi connectivity index (χ3n) is 4.15. The van der Waals surface area contributed by atoms with Crippen LogP contribution in [0.3, 0.4) is 0 Å². The molecule has 1 unspecified atom stereocenters. The van der Waals surface area contributed by atoms with Crippen molar-refractivity contribution in [2.45, 2.75) is 52.1 Å². The van der Waals surface area contributed by atoms with Crippen LogP contribution in [0.4, 0.5) is 5.82 Å². The lowest BCUT2D eigenvalue weighted by Gasteiger charge is -2.36. The molecule has 1 amide bonds. The number of anilines is 1. The Morgan fingerprint density at radius 1 is 1.48 bits per heavy atom. The lowest BCUT2D eigenvalue weighted by atomic mass is 10.0. The van der Waals surface area contributed by atoms with Crippen LogP contribution in [0.2, 0.25) is 0 Å². The van der Waals surface area contributed by atoms with Crippen LogP contribution in [-0.4, -0.2) is 34.8 Å². The fourth-order valence-electron chi connectivity index (χ4n) is 3.13. The number of hydrogen-bond donors (Lipinski definition) is 2. The van der Waals surface area contributed by atoms with E-state index in [1.165, 1.54) is 5.56 Å². The summed E-state index contributed by atoms with van der Waals surface area (Å²) in [5.74, 6) is 0.806. The van der Waals surface area contributed by atoms with Gasteiger partial charge in [0.25, 0.3) is 0 Å². The predicted molar refractivity (Wildman–Crippen MR) is 84.1 cm³/mol. The summed E-state index contributed by atoms with van der Waals surface area (Å²) in [6.07, 6.45) is 4.09. The van der Waals surface area contributed by atoms with Crippen molar-refractivity contribution in [1.29, 1.82) is 0 Å². The second-order valence-corrected chi connectivity index (χ2v) is 5.80. The van der Waals surface area contributed by atoms with E-state index in [9.17, 15) is 4.79 Å². The summed E-state index contributed by atoms with van der Waals surface area (Å²) in [7, 11) is 1.94. The molecule has 1 aromatic rings. The second-order valence-electron chi connectivity index (χ2n) is 5.80. The molecule has 0 bridgehead atoms. The van der Waals surface area contributed by atoms with Gasteiger partial charge in [-0.2, -0.15) is 5.10 Å². The van der Waals surface area contributed by atoms with E-state index in [2.05, 4.69) is 22.2 Å². The number of aromatic nitrogens is 2. The third-order valence-corrected chi connectivity index (χ3v) is 4.15. The fraction of sp³-hybridized carbons (Fsp3) is 0.733. The molecule has 1 saturated heterocycles. The highest BCUT2D eigenvalue weighted by Crippen LogP contribution is 2.29. The molecule has 0 aliphatic carbocycles. The Morgan fingerprint density at radius 3 is 2.90 bits per heavy atom. The number of piperidine rings is 1. The van der Waals surface area contributed by atoms with Crippen molar-refractivity contribution in [2.24, 2.45) is 12.8 Å². The molecule has 0 saturated carbocycles. The second kappa shape index (κ2) is 6.93. The Balaban J connectivity index is 2.30. The zero-order valence-electron chi connectivity index (χ0n) is 13.4. The van der Waals surface area contributed by atoms with Crippen LogP contribution in [-0.2, 0) is 18.4 Å². The van der Waals surface area contributed by atoms with Crippen LogP contribution in [0.25, 0.3) is 0 Å². The summed E-state index contributed by atoms with van der Waals surface area (Å²) < 4.78 is 1.89. The van der Waals surface area contributed by atoms with Crippen LogP contribution >= 0.6 is 0 Å². The van der Waals surface area contributed by atoms with Crippen LogP contribution in [0, 0.1) is 6.92 Å².